The van der Waals surface area contributed by atoms with E-state index in [1.807, 2.05) is 0 Å². The number of Topliss-reactive ketones (excluding diaryl/α,β-unsaturated/α-hetero) is 4. The molecule has 0 saturated carbocycles. The molecule has 3 rings (SSSR count). The first-order valence-electron chi connectivity index (χ1n) is 15.6. The molecule has 0 aliphatic rings. The van der Waals surface area contributed by atoms with Crippen LogP contribution in [0.5, 0.6) is 51.7 Å². The molecule has 294 valence electrons. The number of ketones is 4. The van der Waals surface area contributed by atoms with Crippen molar-refractivity contribution < 1.29 is 87.3 Å². The fourth-order valence-electron chi connectivity index (χ4n) is 5.70. The number of ether oxygens (including phenoxy) is 9. The third-order valence-electron chi connectivity index (χ3n) is 8.52. The van der Waals surface area contributed by atoms with Crippen molar-refractivity contribution in [2.24, 2.45) is 0 Å². The van der Waals surface area contributed by atoms with Gasteiger partial charge in [0.1, 0.15) is 12.2 Å². The molecule has 0 unspecified atom stereocenters. The number of carbonyl (C=O) groups excluding carboxylic acids is 4. The van der Waals surface area contributed by atoms with Gasteiger partial charge in [0.15, 0.2) is 40.1 Å². The van der Waals surface area contributed by atoms with E-state index < -0.39 is 69.8 Å². The minimum Gasteiger partial charge on any atom is -0.493 e. The Morgan fingerprint density at radius 2 is 0.815 bits per heavy atom. The lowest BCUT2D eigenvalue weighted by Crippen LogP contribution is -2.75. The van der Waals surface area contributed by atoms with Gasteiger partial charge in [-0.05, 0) is 36.4 Å². The zero-order valence-corrected chi connectivity index (χ0v) is 30.9. The van der Waals surface area contributed by atoms with E-state index in [0.717, 1.165) is 36.4 Å². The van der Waals surface area contributed by atoms with E-state index in [1.165, 1.54) is 64.0 Å². The van der Waals surface area contributed by atoms with Crippen molar-refractivity contribution in [3.05, 3.63) is 53.1 Å². The minimum absolute atomic E-state index is 0.0247. The summed E-state index contributed by atoms with van der Waals surface area (Å²) in [7, 11) is 10.8. The van der Waals surface area contributed by atoms with Crippen LogP contribution in [0, 0.1) is 0 Å². The van der Waals surface area contributed by atoms with Crippen LogP contribution in [0.2, 0.25) is 0 Å². The van der Waals surface area contributed by atoms with Crippen LogP contribution in [-0.4, -0.2) is 143 Å². The van der Waals surface area contributed by atoms with Crippen molar-refractivity contribution >= 4 is 23.1 Å². The first kappa shape index (κ1) is 42.8. The molecule has 0 aliphatic carbocycles. The molecule has 18 nitrogen and oxygen atoms in total. The summed E-state index contributed by atoms with van der Waals surface area (Å²) in [6, 6.07) is 5.66. The van der Waals surface area contributed by atoms with Crippen LogP contribution in [0.15, 0.2) is 36.4 Å². The first-order valence-corrected chi connectivity index (χ1v) is 15.6. The summed E-state index contributed by atoms with van der Waals surface area (Å²) in [4.78, 5) is 58.3. The van der Waals surface area contributed by atoms with E-state index >= 15 is 0 Å². The van der Waals surface area contributed by atoms with E-state index in [4.69, 9.17) is 42.6 Å². The second-order valence-electron chi connectivity index (χ2n) is 11.2. The van der Waals surface area contributed by atoms with E-state index in [2.05, 4.69) is 0 Å². The highest BCUT2D eigenvalue weighted by Gasteiger charge is 2.70. The Hall–Kier alpha value is -5.66. The van der Waals surface area contributed by atoms with Gasteiger partial charge in [-0.2, -0.15) is 0 Å². The van der Waals surface area contributed by atoms with Gasteiger partial charge in [0.2, 0.25) is 46.0 Å². The molecule has 0 aromatic heterocycles. The highest BCUT2D eigenvalue weighted by Crippen LogP contribution is 2.45. The number of carbonyl (C=O) groups is 4. The van der Waals surface area contributed by atoms with Crippen LogP contribution < -0.4 is 42.6 Å². The maximum absolute atomic E-state index is 14.8. The lowest BCUT2D eigenvalue weighted by Gasteiger charge is -2.43. The molecular weight excluding hydrogens is 720 g/mol. The number of aliphatic hydroxyl groups excluding tert-OH is 3. The lowest BCUT2D eigenvalue weighted by atomic mass is 9.65. The second kappa shape index (κ2) is 17.4. The Balaban J connectivity index is 2.56. The van der Waals surface area contributed by atoms with Crippen molar-refractivity contribution in [2.75, 3.05) is 70.6 Å². The second-order valence-corrected chi connectivity index (χ2v) is 11.2. The molecule has 5 N–H and O–H groups in total. The molecule has 3 aromatic rings. The van der Waals surface area contributed by atoms with Gasteiger partial charge in [-0.1, -0.05) is 0 Å². The average molecular weight is 763 g/mol. The van der Waals surface area contributed by atoms with E-state index in [-0.39, 0.29) is 51.7 Å². The number of benzene rings is 3. The van der Waals surface area contributed by atoms with E-state index in [0.29, 0.717) is 0 Å². The highest BCUT2D eigenvalue weighted by atomic mass is 16.5. The van der Waals surface area contributed by atoms with Crippen molar-refractivity contribution in [3.63, 3.8) is 0 Å². The Morgan fingerprint density at radius 1 is 0.519 bits per heavy atom. The molecule has 54 heavy (non-hydrogen) atoms. The Bertz CT molecular complexity index is 1810. The van der Waals surface area contributed by atoms with Crippen LogP contribution >= 0.6 is 0 Å². The predicted octanol–water partition coefficient (Wildman–Crippen LogP) is 0.458. The molecule has 0 fully saturated rings. The summed E-state index contributed by atoms with van der Waals surface area (Å²) in [6.45, 7) is -1.39. The molecule has 0 heterocycles. The largest absolute Gasteiger partial charge is 0.493 e. The van der Waals surface area contributed by atoms with Gasteiger partial charge >= 0.3 is 0 Å². The van der Waals surface area contributed by atoms with Crippen LogP contribution in [0.4, 0.5) is 0 Å². The smallest absolute Gasteiger partial charge is 0.246 e. The molecule has 0 radical (unpaired) electrons. The summed E-state index contributed by atoms with van der Waals surface area (Å²) < 4.78 is 47.5. The predicted molar refractivity (Wildman–Crippen MR) is 185 cm³/mol. The maximum atomic E-state index is 14.8. The van der Waals surface area contributed by atoms with Crippen molar-refractivity contribution in [1.82, 2.24) is 0 Å². The standard InChI is InChI=1S/C36H42O18/c1-46-21-10-17(11-22(47-2)28(21)52-7)27(39)34(43)36(45,32(41)19-14-25(50-5)30(54-9)26(15-19)51-6)35(44,33(42)20(38)16-37)31(40)18-12-23(48-3)29(53-8)24(13-18)49-4/h10-15,20,33,37-38,42,44-45H,16H2,1-9H3/t20-,33-,35+,36+/m1/s1. The molecule has 0 aliphatic heterocycles. The van der Waals surface area contributed by atoms with Crippen molar-refractivity contribution in [1.29, 1.82) is 0 Å². The molecule has 0 spiro atoms. The van der Waals surface area contributed by atoms with E-state index in [1.54, 1.807) is 0 Å². The van der Waals surface area contributed by atoms with Crippen molar-refractivity contribution in [2.45, 2.75) is 23.4 Å². The minimum atomic E-state index is -4.36. The third kappa shape index (κ3) is 7.16. The fourth-order valence-corrected chi connectivity index (χ4v) is 5.70. The molecule has 0 amide bonds. The monoisotopic (exact) mass is 762 g/mol. The number of hydrogen-bond acceptors (Lipinski definition) is 18. The number of aliphatic hydroxyl groups is 5. The molecular formula is C36H42O18. The van der Waals surface area contributed by atoms with Crippen LogP contribution in [0.25, 0.3) is 0 Å². The normalized spacial score (nSPS) is 14.3. The van der Waals surface area contributed by atoms with Gasteiger partial charge in [-0.25, -0.2) is 0 Å². The van der Waals surface area contributed by atoms with Gasteiger partial charge < -0.3 is 68.2 Å². The number of rotatable bonds is 20. The number of hydrogen-bond donors (Lipinski definition) is 5. The first-order chi connectivity index (χ1) is 25.6. The van der Waals surface area contributed by atoms with Gasteiger partial charge in [-0.15, -0.1) is 0 Å². The Morgan fingerprint density at radius 3 is 1.09 bits per heavy atom. The topological polar surface area (TPSA) is 252 Å². The lowest BCUT2D eigenvalue weighted by molar-refractivity contribution is -0.185. The summed E-state index contributed by atoms with van der Waals surface area (Å²) in [5.41, 5.74) is -10.6. The zero-order valence-electron chi connectivity index (χ0n) is 30.9. The van der Waals surface area contributed by atoms with Crippen LogP contribution in [-0.2, 0) is 4.79 Å². The summed E-state index contributed by atoms with van der Waals surface area (Å²) >= 11 is 0. The van der Waals surface area contributed by atoms with Crippen LogP contribution in [0.1, 0.15) is 31.1 Å². The Kier molecular flexibility index (Phi) is 13.8. The van der Waals surface area contributed by atoms with Crippen LogP contribution in [0.3, 0.4) is 0 Å². The maximum Gasteiger partial charge on any atom is 0.246 e. The summed E-state index contributed by atoms with van der Waals surface area (Å²) in [5.74, 6) is -9.01. The third-order valence-corrected chi connectivity index (χ3v) is 8.52. The molecule has 0 bridgehead atoms. The molecule has 3 aromatic carbocycles. The van der Waals surface area contributed by atoms with Gasteiger partial charge in [0, 0.05) is 16.7 Å². The SMILES string of the molecule is COc1cc(C(=O)C(=O)[C@@](O)(C(=O)c2cc(OC)c(OC)c(OC)c2)[C@](O)(C(=O)c2cc(OC)c(OC)c(OC)c2)[C@H](O)[C@H](O)CO)cc(OC)c1OC. The highest BCUT2D eigenvalue weighted by molar-refractivity contribution is 6.52. The summed E-state index contributed by atoms with van der Waals surface area (Å²) in [6.07, 6.45) is -5.62. The van der Waals surface area contributed by atoms with E-state index in [9.17, 15) is 44.7 Å². The van der Waals surface area contributed by atoms with Crippen molar-refractivity contribution in [3.8, 4) is 51.7 Å². The number of methoxy groups -OCH3 is 9. The summed E-state index contributed by atoms with van der Waals surface area (Å²) in [5, 5.41) is 57.2. The quantitative estimate of drug-likeness (QED) is 0.0595. The average Bonchev–Trinajstić information content (AvgIpc) is 3.21. The molecule has 0 saturated heterocycles. The molecule has 4 atom stereocenters. The van der Waals surface area contributed by atoms with Gasteiger partial charge in [0.25, 0.3) is 0 Å². The van der Waals surface area contributed by atoms with Gasteiger partial charge in [0.05, 0.1) is 70.6 Å². The Labute approximate surface area is 309 Å². The fraction of sp³-hybridized carbons (Fsp3) is 0.389. The zero-order chi connectivity index (χ0) is 40.7. The molecule has 18 heteroatoms. The van der Waals surface area contributed by atoms with Gasteiger partial charge in [-0.3, -0.25) is 19.2 Å².